The maximum absolute atomic E-state index is 6.01. The summed E-state index contributed by atoms with van der Waals surface area (Å²) in [6.07, 6.45) is 4.03. The van der Waals surface area contributed by atoms with Gasteiger partial charge in [-0.2, -0.15) is 0 Å². The number of fused-ring (bicyclic) bond motifs is 1. The molecule has 2 nitrogen and oxygen atoms in total. The number of benzene rings is 1. The second-order valence-corrected chi connectivity index (χ2v) is 7.02. The Morgan fingerprint density at radius 2 is 1.90 bits per heavy atom. The average molecular weight is 293 g/mol. The van der Waals surface area contributed by atoms with Crippen molar-refractivity contribution in [2.45, 2.75) is 51.2 Å². The molecule has 0 spiro atoms. The number of hydrogen-bond acceptors (Lipinski definition) is 2. The monoisotopic (exact) mass is 292 g/mol. The first-order valence-corrected chi connectivity index (χ1v) is 8.28. The van der Waals surface area contributed by atoms with E-state index in [0.717, 1.165) is 11.1 Å². The highest BCUT2D eigenvalue weighted by Gasteiger charge is 2.38. The highest BCUT2D eigenvalue weighted by molar-refractivity contribution is 6.30. The van der Waals surface area contributed by atoms with Gasteiger partial charge < -0.3 is 5.32 Å². The standard InChI is InChI=1S/C17H25ClN2/c1-12(2)17(13-5-7-14(18)8-6-13)19-15-9-11-20-10-3-4-16(15)20/h5-8,12,15-17,19H,3-4,9-11H2,1-2H3. The van der Waals surface area contributed by atoms with E-state index in [1.54, 1.807) is 0 Å². The highest BCUT2D eigenvalue weighted by atomic mass is 35.5. The van der Waals surface area contributed by atoms with Gasteiger partial charge in [-0.05, 0) is 49.4 Å². The van der Waals surface area contributed by atoms with Crippen LogP contribution in [0, 0.1) is 5.92 Å². The maximum atomic E-state index is 6.01. The molecule has 3 heteroatoms. The molecular formula is C17H25ClN2. The normalized spacial score (nSPS) is 28.0. The summed E-state index contributed by atoms with van der Waals surface area (Å²) in [6.45, 7) is 7.17. The van der Waals surface area contributed by atoms with Gasteiger partial charge in [-0.15, -0.1) is 0 Å². The molecular weight excluding hydrogens is 268 g/mol. The van der Waals surface area contributed by atoms with Gasteiger partial charge in [0.05, 0.1) is 0 Å². The van der Waals surface area contributed by atoms with E-state index in [2.05, 4.69) is 36.2 Å². The van der Waals surface area contributed by atoms with Crippen molar-refractivity contribution < 1.29 is 0 Å². The molecule has 1 aromatic rings. The lowest BCUT2D eigenvalue weighted by Gasteiger charge is -2.30. The zero-order valence-corrected chi connectivity index (χ0v) is 13.2. The van der Waals surface area contributed by atoms with Crippen LogP contribution in [0.4, 0.5) is 0 Å². The molecule has 2 aliphatic heterocycles. The first-order chi connectivity index (χ1) is 9.65. The van der Waals surface area contributed by atoms with E-state index >= 15 is 0 Å². The van der Waals surface area contributed by atoms with Crippen LogP contribution in [0.15, 0.2) is 24.3 Å². The van der Waals surface area contributed by atoms with Crippen LogP contribution in [0.3, 0.4) is 0 Å². The maximum Gasteiger partial charge on any atom is 0.0406 e. The second-order valence-electron chi connectivity index (χ2n) is 6.58. The number of nitrogens with one attached hydrogen (secondary N) is 1. The fourth-order valence-corrected chi connectivity index (χ4v) is 3.98. The Morgan fingerprint density at radius 3 is 2.60 bits per heavy atom. The van der Waals surface area contributed by atoms with Crippen LogP contribution in [-0.4, -0.2) is 30.1 Å². The van der Waals surface area contributed by atoms with Crippen LogP contribution in [0.25, 0.3) is 0 Å². The van der Waals surface area contributed by atoms with Crippen molar-refractivity contribution in [3.05, 3.63) is 34.9 Å². The Morgan fingerprint density at radius 1 is 1.15 bits per heavy atom. The third-order valence-corrected chi connectivity index (χ3v) is 5.15. The van der Waals surface area contributed by atoms with Crippen molar-refractivity contribution in [2.24, 2.45) is 5.92 Å². The summed E-state index contributed by atoms with van der Waals surface area (Å²) < 4.78 is 0. The predicted molar refractivity (Wildman–Crippen MR) is 85.2 cm³/mol. The molecule has 2 saturated heterocycles. The molecule has 2 heterocycles. The molecule has 2 aliphatic rings. The summed E-state index contributed by atoms with van der Waals surface area (Å²) >= 11 is 6.01. The molecule has 3 atom stereocenters. The molecule has 20 heavy (non-hydrogen) atoms. The molecule has 2 fully saturated rings. The van der Waals surface area contributed by atoms with E-state index in [9.17, 15) is 0 Å². The van der Waals surface area contributed by atoms with Gasteiger partial charge in [-0.1, -0.05) is 37.6 Å². The Kier molecular flexibility index (Phi) is 4.34. The van der Waals surface area contributed by atoms with E-state index < -0.39 is 0 Å². The van der Waals surface area contributed by atoms with Gasteiger partial charge in [-0.3, -0.25) is 4.90 Å². The summed E-state index contributed by atoms with van der Waals surface area (Å²) in [5, 5.41) is 4.76. The van der Waals surface area contributed by atoms with Gasteiger partial charge in [0.1, 0.15) is 0 Å². The number of halogens is 1. The van der Waals surface area contributed by atoms with Crippen LogP contribution in [-0.2, 0) is 0 Å². The van der Waals surface area contributed by atoms with E-state index in [1.165, 1.54) is 37.9 Å². The molecule has 0 amide bonds. The fourth-order valence-electron chi connectivity index (χ4n) is 3.85. The first kappa shape index (κ1) is 14.4. The third kappa shape index (κ3) is 2.88. The average Bonchev–Trinajstić information content (AvgIpc) is 3.01. The van der Waals surface area contributed by atoms with E-state index in [-0.39, 0.29) is 0 Å². The number of hydrogen-bond donors (Lipinski definition) is 1. The van der Waals surface area contributed by atoms with Gasteiger partial charge in [-0.25, -0.2) is 0 Å². The van der Waals surface area contributed by atoms with Crippen molar-refractivity contribution in [2.75, 3.05) is 13.1 Å². The van der Waals surface area contributed by atoms with Crippen molar-refractivity contribution >= 4 is 11.6 Å². The zero-order valence-electron chi connectivity index (χ0n) is 12.5. The molecule has 0 bridgehead atoms. The number of rotatable bonds is 4. The molecule has 0 aliphatic carbocycles. The third-order valence-electron chi connectivity index (χ3n) is 4.90. The van der Waals surface area contributed by atoms with Gasteiger partial charge in [0.2, 0.25) is 0 Å². The quantitative estimate of drug-likeness (QED) is 0.906. The van der Waals surface area contributed by atoms with Crippen LogP contribution >= 0.6 is 11.6 Å². The number of nitrogens with zero attached hydrogens (tertiary/aromatic N) is 1. The zero-order chi connectivity index (χ0) is 14.1. The van der Waals surface area contributed by atoms with Crippen LogP contribution in [0.1, 0.15) is 44.7 Å². The minimum Gasteiger partial charge on any atom is -0.305 e. The van der Waals surface area contributed by atoms with Crippen LogP contribution in [0.5, 0.6) is 0 Å². The molecule has 1 N–H and O–H groups in total. The van der Waals surface area contributed by atoms with Gasteiger partial charge >= 0.3 is 0 Å². The Hall–Kier alpha value is -0.570. The van der Waals surface area contributed by atoms with Crippen molar-refractivity contribution in [3.63, 3.8) is 0 Å². The summed E-state index contributed by atoms with van der Waals surface area (Å²) in [6, 6.07) is 10.2. The fraction of sp³-hybridized carbons (Fsp3) is 0.647. The molecule has 0 saturated carbocycles. The topological polar surface area (TPSA) is 15.3 Å². The SMILES string of the molecule is CC(C)C(NC1CCN2CCCC12)c1ccc(Cl)cc1. The van der Waals surface area contributed by atoms with E-state index in [4.69, 9.17) is 11.6 Å². The lowest BCUT2D eigenvalue weighted by Crippen LogP contribution is -2.42. The molecule has 0 radical (unpaired) electrons. The second kappa shape index (κ2) is 6.05. The highest BCUT2D eigenvalue weighted by Crippen LogP contribution is 2.31. The molecule has 1 aromatic carbocycles. The first-order valence-electron chi connectivity index (χ1n) is 7.90. The lowest BCUT2D eigenvalue weighted by molar-refractivity contribution is 0.274. The van der Waals surface area contributed by atoms with Gasteiger partial charge in [0.25, 0.3) is 0 Å². The van der Waals surface area contributed by atoms with Crippen molar-refractivity contribution in [3.8, 4) is 0 Å². The summed E-state index contributed by atoms with van der Waals surface area (Å²) in [7, 11) is 0. The minimum atomic E-state index is 0.429. The van der Waals surface area contributed by atoms with Gasteiger partial charge in [0.15, 0.2) is 0 Å². The van der Waals surface area contributed by atoms with E-state index in [1.807, 2.05) is 12.1 Å². The molecule has 3 unspecified atom stereocenters. The molecule has 0 aromatic heterocycles. The summed E-state index contributed by atoms with van der Waals surface area (Å²) in [5.74, 6) is 0.589. The van der Waals surface area contributed by atoms with Gasteiger partial charge in [0, 0.05) is 29.7 Å². The summed E-state index contributed by atoms with van der Waals surface area (Å²) in [5.41, 5.74) is 1.36. The molecule has 110 valence electrons. The Labute approximate surface area is 127 Å². The minimum absolute atomic E-state index is 0.429. The van der Waals surface area contributed by atoms with Crippen molar-refractivity contribution in [1.82, 2.24) is 10.2 Å². The predicted octanol–water partition coefficient (Wildman–Crippen LogP) is 3.86. The smallest absolute Gasteiger partial charge is 0.0406 e. The molecule has 3 rings (SSSR count). The van der Waals surface area contributed by atoms with Crippen molar-refractivity contribution in [1.29, 1.82) is 0 Å². The summed E-state index contributed by atoms with van der Waals surface area (Å²) in [4.78, 5) is 2.66. The Bertz CT molecular complexity index is 443. The van der Waals surface area contributed by atoms with Crippen LogP contribution in [0.2, 0.25) is 5.02 Å². The lowest BCUT2D eigenvalue weighted by atomic mass is 9.94. The van der Waals surface area contributed by atoms with Crippen LogP contribution < -0.4 is 5.32 Å². The van der Waals surface area contributed by atoms with E-state index in [0.29, 0.717) is 18.0 Å². The Balaban J connectivity index is 1.73. The largest absolute Gasteiger partial charge is 0.305 e.